The van der Waals surface area contributed by atoms with Crippen LogP contribution in [0.3, 0.4) is 0 Å². The molecule has 2 heterocycles. The lowest BCUT2D eigenvalue weighted by Gasteiger charge is -2.35. The summed E-state index contributed by atoms with van der Waals surface area (Å²) >= 11 is 1.50. The molecule has 1 aromatic rings. The quantitative estimate of drug-likeness (QED) is 0.788. The Bertz CT molecular complexity index is 425. The molecular formula is C13H21N3O2S. The molecule has 2 rings (SSSR count). The Morgan fingerprint density at radius 2 is 2.16 bits per heavy atom. The summed E-state index contributed by atoms with van der Waals surface area (Å²) in [6.07, 6.45) is 3.95. The largest absolute Gasteiger partial charge is 0.372 e. The molecule has 2 atom stereocenters. The van der Waals surface area contributed by atoms with Crippen molar-refractivity contribution in [3.05, 3.63) is 12.4 Å². The molecule has 5 nitrogen and oxygen atoms in total. The summed E-state index contributed by atoms with van der Waals surface area (Å²) in [4.78, 5) is 18.4. The maximum Gasteiger partial charge on any atom is 0.233 e. The molecule has 1 amide bonds. The fraction of sp³-hybridized carbons (Fsp3) is 0.692. The number of morpholine rings is 1. The molecule has 1 aliphatic heterocycles. The summed E-state index contributed by atoms with van der Waals surface area (Å²) in [5.41, 5.74) is 0. The van der Waals surface area contributed by atoms with E-state index in [0.29, 0.717) is 18.8 Å². The first-order valence-electron chi connectivity index (χ1n) is 6.67. The highest BCUT2D eigenvalue weighted by molar-refractivity contribution is 7.99. The molecule has 19 heavy (non-hydrogen) atoms. The number of imidazole rings is 1. The van der Waals surface area contributed by atoms with E-state index in [4.69, 9.17) is 4.74 Å². The van der Waals surface area contributed by atoms with Crippen LogP contribution < -0.4 is 0 Å². The van der Waals surface area contributed by atoms with Crippen LogP contribution in [0.2, 0.25) is 0 Å². The molecule has 2 unspecified atom stereocenters. The van der Waals surface area contributed by atoms with E-state index in [1.54, 1.807) is 6.20 Å². The Labute approximate surface area is 118 Å². The summed E-state index contributed by atoms with van der Waals surface area (Å²) in [6, 6.07) is 0. The fourth-order valence-electron chi connectivity index (χ4n) is 2.28. The molecule has 0 spiro atoms. The maximum absolute atomic E-state index is 12.2. The van der Waals surface area contributed by atoms with Crippen molar-refractivity contribution in [3.8, 4) is 0 Å². The first kappa shape index (κ1) is 14.4. The standard InChI is InChI=1S/C13H21N3O2S/c1-4-15-6-5-14-13(15)19-9-12(17)16-7-10(2)18-11(3)8-16/h5-6,10-11H,4,7-9H2,1-3H3. The number of aryl methyl sites for hydroxylation is 1. The third-order valence-electron chi connectivity index (χ3n) is 3.12. The highest BCUT2D eigenvalue weighted by atomic mass is 32.2. The highest BCUT2D eigenvalue weighted by Crippen LogP contribution is 2.18. The van der Waals surface area contributed by atoms with Crippen LogP contribution in [0.25, 0.3) is 0 Å². The van der Waals surface area contributed by atoms with Crippen LogP contribution in [0.15, 0.2) is 17.6 Å². The number of thioether (sulfide) groups is 1. The van der Waals surface area contributed by atoms with Gasteiger partial charge in [0.25, 0.3) is 0 Å². The number of hydrogen-bond acceptors (Lipinski definition) is 4. The summed E-state index contributed by atoms with van der Waals surface area (Å²) in [7, 11) is 0. The van der Waals surface area contributed by atoms with Gasteiger partial charge in [0.1, 0.15) is 0 Å². The second-order valence-corrected chi connectivity index (χ2v) is 5.78. The molecule has 0 N–H and O–H groups in total. The number of aromatic nitrogens is 2. The van der Waals surface area contributed by atoms with Crippen LogP contribution in [0.4, 0.5) is 0 Å². The van der Waals surface area contributed by atoms with Crippen molar-refractivity contribution >= 4 is 17.7 Å². The monoisotopic (exact) mass is 283 g/mol. The lowest BCUT2D eigenvalue weighted by atomic mass is 10.2. The summed E-state index contributed by atoms with van der Waals surface area (Å²) in [5, 5.41) is 0.908. The first-order chi connectivity index (χ1) is 9.10. The van der Waals surface area contributed by atoms with E-state index in [9.17, 15) is 4.79 Å². The van der Waals surface area contributed by atoms with Crippen LogP contribution >= 0.6 is 11.8 Å². The minimum absolute atomic E-state index is 0.121. The van der Waals surface area contributed by atoms with Gasteiger partial charge in [-0.25, -0.2) is 4.98 Å². The molecular weight excluding hydrogens is 262 g/mol. The minimum atomic E-state index is 0.121. The summed E-state index contributed by atoms with van der Waals surface area (Å²) < 4.78 is 7.68. The van der Waals surface area contributed by atoms with E-state index in [1.807, 2.05) is 29.5 Å². The van der Waals surface area contributed by atoms with Crippen molar-refractivity contribution in [2.45, 2.75) is 44.7 Å². The molecule has 0 radical (unpaired) electrons. The first-order valence-corrected chi connectivity index (χ1v) is 7.66. The molecule has 6 heteroatoms. The Hall–Kier alpha value is -1.01. The molecule has 1 aromatic heterocycles. The van der Waals surface area contributed by atoms with Crippen molar-refractivity contribution in [1.82, 2.24) is 14.5 Å². The average molecular weight is 283 g/mol. The molecule has 0 aliphatic carbocycles. The Balaban J connectivity index is 1.87. The zero-order valence-corrected chi connectivity index (χ0v) is 12.5. The fourth-order valence-corrected chi connectivity index (χ4v) is 3.20. The van der Waals surface area contributed by atoms with Gasteiger partial charge in [-0.05, 0) is 20.8 Å². The summed E-state index contributed by atoms with van der Waals surface area (Å²) in [5.74, 6) is 0.605. The number of carbonyl (C=O) groups excluding carboxylic acids is 1. The van der Waals surface area contributed by atoms with Crippen LogP contribution in [-0.4, -0.2) is 51.4 Å². The van der Waals surface area contributed by atoms with Gasteiger partial charge in [0.2, 0.25) is 5.91 Å². The number of hydrogen-bond donors (Lipinski definition) is 0. The van der Waals surface area contributed by atoms with Gasteiger partial charge in [-0.1, -0.05) is 11.8 Å². The Kier molecular flexibility index (Phi) is 4.87. The molecule has 1 saturated heterocycles. The van der Waals surface area contributed by atoms with Crippen LogP contribution in [-0.2, 0) is 16.1 Å². The number of carbonyl (C=O) groups is 1. The van der Waals surface area contributed by atoms with E-state index in [-0.39, 0.29) is 18.1 Å². The lowest BCUT2D eigenvalue weighted by molar-refractivity contribution is -0.140. The van der Waals surface area contributed by atoms with Crippen LogP contribution in [0, 0.1) is 0 Å². The third-order valence-corrected chi connectivity index (χ3v) is 4.10. The van der Waals surface area contributed by atoms with Gasteiger partial charge >= 0.3 is 0 Å². The van der Waals surface area contributed by atoms with Crippen molar-refractivity contribution in [2.75, 3.05) is 18.8 Å². The Morgan fingerprint density at radius 1 is 1.47 bits per heavy atom. The van der Waals surface area contributed by atoms with Crippen molar-refractivity contribution in [1.29, 1.82) is 0 Å². The average Bonchev–Trinajstić information content (AvgIpc) is 2.82. The number of amides is 1. The predicted octanol–water partition coefficient (Wildman–Crippen LogP) is 1.63. The van der Waals surface area contributed by atoms with E-state index >= 15 is 0 Å². The van der Waals surface area contributed by atoms with E-state index in [0.717, 1.165) is 11.7 Å². The predicted molar refractivity (Wildman–Crippen MR) is 75.2 cm³/mol. The van der Waals surface area contributed by atoms with Crippen molar-refractivity contribution < 1.29 is 9.53 Å². The topological polar surface area (TPSA) is 47.4 Å². The SMILES string of the molecule is CCn1ccnc1SCC(=O)N1CC(C)OC(C)C1. The molecule has 0 bridgehead atoms. The molecule has 0 saturated carbocycles. The van der Waals surface area contributed by atoms with Gasteiger partial charge < -0.3 is 14.2 Å². The number of ether oxygens (including phenoxy) is 1. The summed E-state index contributed by atoms with van der Waals surface area (Å²) in [6.45, 7) is 8.33. The van der Waals surface area contributed by atoms with Gasteiger partial charge in [-0.15, -0.1) is 0 Å². The van der Waals surface area contributed by atoms with Crippen LogP contribution in [0.5, 0.6) is 0 Å². The maximum atomic E-state index is 12.2. The van der Waals surface area contributed by atoms with E-state index in [1.165, 1.54) is 11.8 Å². The van der Waals surface area contributed by atoms with Crippen molar-refractivity contribution in [3.63, 3.8) is 0 Å². The molecule has 1 fully saturated rings. The van der Waals surface area contributed by atoms with Crippen LogP contribution in [0.1, 0.15) is 20.8 Å². The van der Waals surface area contributed by atoms with Gasteiger partial charge in [-0.3, -0.25) is 4.79 Å². The highest BCUT2D eigenvalue weighted by Gasteiger charge is 2.25. The van der Waals surface area contributed by atoms with Gasteiger partial charge in [0, 0.05) is 32.0 Å². The van der Waals surface area contributed by atoms with Gasteiger partial charge in [0.05, 0.1) is 18.0 Å². The zero-order valence-electron chi connectivity index (χ0n) is 11.7. The Morgan fingerprint density at radius 3 is 2.79 bits per heavy atom. The number of nitrogens with zero attached hydrogens (tertiary/aromatic N) is 3. The third kappa shape index (κ3) is 3.73. The van der Waals surface area contributed by atoms with E-state index in [2.05, 4.69) is 11.9 Å². The zero-order chi connectivity index (χ0) is 13.8. The minimum Gasteiger partial charge on any atom is -0.372 e. The second-order valence-electron chi connectivity index (χ2n) is 4.84. The second kappa shape index (κ2) is 6.43. The van der Waals surface area contributed by atoms with E-state index < -0.39 is 0 Å². The normalized spacial score (nSPS) is 23.6. The number of rotatable bonds is 4. The van der Waals surface area contributed by atoms with Crippen molar-refractivity contribution in [2.24, 2.45) is 0 Å². The molecule has 0 aromatic carbocycles. The van der Waals surface area contributed by atoms with Gasteiger partial charge in [0.15, 0.2) is 5.16 Å². The lowest BCUT2D eigenvalue weighted by Crippen LogP contribution is -2.48. The van der Waals surface area contributed by atoms with Gasteiger partial charge in [-0.2, -0.15) is 0 Å². The molecule has 1 aliphatic rings. The molecule has 106 valence electrons. The smallest absolute Gasteiger partial charge is 0.233 e.